The van der Waals surface area contributed by atoms with Gasteiger partial charge in [0.05, 0.1) is 0 Å². The van der Waals surface area contributed by atoms with Crippen LogP contribution in [-0.2, 0) is 5.41 Å². The fourth-order valence-electron chi connectivity index (χ4n) is 3.31. The lowest BCUT2D eigenvalue weighted by Gasteiger charge is -2.26. The molecular weight excluding hydrogens is 198 g/mol. The van der Waals surface area contributed by atoms with Crippen LogP contribution in [0.15, 0.2) is 35.4 Å². The highest BCUT2D eigenvalue weighted by Gasteiger charge is 2.57. The van der Waals surface area contributed by atoms with E-state index < -0.39 is 0 Å². The zero-order valence-corrected chi connectivity index (χ0v) is 9.21. The van der Waals surface area contributed by atoms with Gasteiger partial charge in [-0.2, -0.15) is 0 Å². The Balaban J connectivity index is 1.79. The first-order chi connectivity index (χ1) is 7.85. The molecule has 3 heteroatoms. The maximum Gasteiger partial charge on any atom is 0.0377 e. The van der Waals surface area contributed by atoms with E-state index in [0.717, 1.165) is 18.8 Å². The molecule has 0 saturated heterocycles. The van der Waals surface area contributed by atoms with E-state index in [9.17, 15) is 0 Å². The van der Waals surface area contributed by atoms with Crippen LogP contribution < -0.4 is 0 Å². The molecule has 16 heavy (non-hydrogen) atoms. The molecule has 3 rings (SSSR count). The zero-order chi connectivity index (χ0) is 11.0. The van der Waals surface area contributed by atoms with Crippen molar-refractivity contribution in [2.45, 2.75) is 37.1 Å². The van der Waals surface area contributed by atoms with Crippen LogP contribution in [0.5, 0.6) is 0 Å². The number of rotatable bonds is 2. The van der Waals surface area contributed by atoms with Crippen LogP contribution in [-0.4, -0.2) is 6.04 Å². The largest absolute Gasteiger partial charge is 0.0906 e. The Morgan fingerprint density at radius 3 is 2.81 bits per heavy atom. The van der Waals surface area contributed by atoms with Crippen LogP contribution in [0.2, 0.25) is 0 Å². The zero-order valence-electron chi connectivity index (χ0n) is 9.21. The summed E-state index contributed by atoms with van der Waals surface area (Å²) in [6.45, 7) is 0. The van der Waals surface area contributed by atoms with Crippen LogP contribution in [0.1, 0.15) is 31.2 Å². The topological polar surface area (TPSA) is 48.8 Å². The fraction of sp³-hybridized carbons (Fsp3) is 0.538. The second-order valence-corrected chi connectivity index (χ2v) is 5.06. The maximum atomic E-state index is 8.46. The lowest BCUT2D eigenvalue weighted by Crippen LogP contribution is -2.21. The van der Waals surface area contributed by atoms with Crippen LogP contribution in [0.4, 0.5) is 0 Å². The van der Waals surface area contributed by atoms with Gasteiger partial charge in [0.2, 0.25) is 0 Å². The van der Waals surface area contributed by atoms with Crippen LogP contribution in [0, 0.1) is 5.92 Å². The smallest absolute Gasteiger partial charge is 0.0377 e. The van der Waals surface area contributed by atoms with Gasteiger partial charge >= 0.3 is 0 Å². The summed E-state index contributed by atoms with van der Waals surface area (Å²) in [5.74, 6) is 0.749. The normalized spacial score (nSPS) is 36.0. The lowest BCUT2D eigenvalue weighted by molar-refractivity contribution is 0.383. The summed E-state index contributed by atoms with van der Waals surface area (Å²) in [5.41, 5.74) is 10.4. The van der Waals surface area contributed by atoms with Gasteiger partial charge in [-0.15, -0.1) is 0 Å². The van der Waals surface area contributed by atoms with E-state index in [1.165, 1.54) is 18.4 Å². The molecule has 0 amide bonds. The van der Waals surface area contributed by atoms with Gasteiger partial charge in [-0.3, -0.25) is 0 Å². The molecule has 1 aromatic carbocycles. The molecule has 0 aliphatic heterocycles. The van der Waals surface area contributed by atoms with E-state index in [0.29, 0.717) is 5.41 Å². The first kappa shape index (κ1) is 9.73. The van der Waals surface area contributed by atoms with E-state index in [1.54, 1.807) is 0 Å². The third-order valence-corrected chi connectivity index (χ3v) is 4.28. The minimum Gasteiger partial charge on any atom is -0.0906 e. The van der Waals surface area contributed by atoms with Crippen LogP contribution in [0.25, 0.3) is 10.4 Å². The van der Waals surface area contributed by atoms with Crippen molar-refractivity contribution in [3.05, 3.63) is 46.3 Å². The molecule has 0 heterocycles. The van der Waals surface area contributed by atoms with E-state index in [-0.39, 0.29) is 6.04 Å². The summed E-state index contributed by atoms with van der Waals surface area (Å²) >= 11 is 0. The van der Waals surface area contributed by atoms with Gasteiger partial charge in [-0.25, -0.2) is 0 Å². The van der Waals surface area contributed by atoms with Crippen molar-refractivity contribution in [1.82, 2.24) is 0 Å². The summed E-state index contributed by atoms with van der Waals surface area (Å²) in [7, 11) is 0. The minimum atomic E-state index is 0.245. The minimum absolute atomic E-state index is 0.245. The van der Waals surface area contributed by atoms with E-state index in [2.05, 4.69) is 40.4 Å². The Kier molecular flexibility index (Phi) is 2.15. The maximum absolute atomic E-state index is 8.46. The van der Waals surface area contributed by atoms with Crippen molar-refractivity contribution in [3.8, 4) is 0 Å². The van der Waals surface area contributed by atoms with Crippen molar-refractivity contribution in [2.75, 3.05) is 0 Å². The molecule has 1 aromatic rings. The average Bonchev–Trinajstić information content (AvgIpc) is 3.06. The molecular formula is C13H15N3. The quantitative estimate of drug-likeness (QED) is 0.407. The van der Waals surface area contributed by atoms with Gasteiger partial charge in [-0.1, -0.05) is 35.4 Å². The Labute approximate surface area is 95.1 Å². The second kappa shape index (κ2) is 3.53. The predicted octanol–water partition coefficient (Wildman–Crippen LogP) is 3.81. The van der Waals surface area contributed by atoms with Gasteiger partial charge in [0.1, 0.15) is 0 Å². The number of hydrogen-bond donors (Lipinski definition) is 0. The standard InChI is InChI=1S/C13H15N3/c14-16-15-12-6-7-13(9-11(13)8-12)10-4-2-1-3-5-10/h1-5,11-12H,6-9H2. The monoisotopic (exact) mass is 213 g/mol. The molecule has 2 aliphatic rings. The molecule has 3 unspecified atom stereocenters. The molecule has 0 aromatic heterocycles. The Morgan fingerprint density at radius 2 is 2.12 bits per heavy atom. The van der Waals surface area contributed by atoms with Crippen molar-refractivity contribution < 1.29 is 0 Å². The Hall–Kier alpha value is -1.47. The molecule has 0 radical (unpaired) electrons. The molecule has 0 spiro atoms. The highest BCUT2D eigenvalue weighted by atomic mass is 15.1. The summed E-state index contributed by atoms with van der Waals surface area (Å²) < 4.78 is 0. The second-order valence-electron chi connectivity index (χ2n) is 5.06. The van der Waals surface area contributed by atoms with Crippen molar-refractivity contribution in [1.29, 1.82) is 0 Å². The molecule has 2 aliphatic carbocycles. The lowest BCUT2D eigenvalue weighted by atomic mass is 9.81. The van der Waals surface area contributed by atoms with Gasteiger partial charge in [0.25, 0.3) is 0 Å². The van der Waals surface area contributed by atoms with Crippen LogP contribution in [0.3, 0.4) is 0 Å². The molecule has 0 bridgehead atoms. The van der Waals surface area contributed by atoms with Gasteiger partial charge in [0, 0.05) is 11.0 Å². The number of hydrogen-bond acceptors (Lipinski definition) is 1. The summed E-state index contributed by atoms with van der Waals surface area (Å²) in [5, 5.41) is 3.87. The van der Waals surface area contributed by atoms with Gasteiger partial charge in [-0.05, 0) is 48.1 Å². The third kappa shape index (κ3) is 1.40. The van der Waals surface area contributed by atoms with Gasteiger partial charge in [0.15, 0.2) is 0 Å². The highest BCUT2D eigenvalue weighted by Crippen LogP contribution is 2.62. The first-order valence-corrected chi connectivity index (χ1v) is 5.95. The Bertz CT molecular complexity index is 436. The average molecular weight is 213 g/mol. The van der Waals surface area contributed by atoms with E-state index >= 15 is 0 Å². The van der Waals surface area contributed by atoms with Crippen molar-refractivity contribution in [3.63, 3.8) is 0 Å². The number of benzene rings is 1. The first-order valence-electron chi connectivity index (χ1n) is 5.95. The summed E-state index contributed by atoms with van der Waals surface area (Å²) in [4.78, 5) is 2.93. The molecule has 3 nitrogen and oxygen atoms in total. The molecule has 2 saturated carbocycles. The summed E-state index contributed by atoms with van der Waals surface area (Å²) in [6, 6.07) is 11.1. The number of fused-ring (bicyclic) bond motifs is 1. The molecule has 3 atom stereocenters. The molecule has 2 fully saturated rings. The van der Waals surface area contributed by atoms with E-state index in [1.807, 2.05) is 0 Å². The molecule has 82 valence electrons. The Morgan fingerprint density at radius 1 is 1.31 bits per heavy atom. The third-order valence-electron chi connectivity index (χ3n) is 4.28. The van der Waals surface area contributed by atoms with Crippen LogP contribution >= 0.6 is 0 Å². The van der Waals surface area contributed by atoms with Gasteiger partial charge < -0.3 is 0 Å². The summed E-state index contributed by atoms with van der Waals surface area (Å²) in [6.07, 6.45) is 4.61. The highest BCUT2D eigenvalue weighted by molar-refractivity contribution is 5.34. The number of nitrogens with zero attached hydrogens (tertiary/aromatic N) is 3. The predicted molar refractivity (Wildman–Crippen MR) is 63.0 cm³/mol. The van der Waals surface area contributed by atoms with E-state index in [4.69, 9.17) is 5.53 Å². The number of azide groups is 1. The van der Waals surface area contributed by atoms with Crippen molar-refractivity contribution >= 4 is 0 Å². The van der Waals surface area contributed by atoms with Crippen molar-refractivity contribution in [2.24, 2.45) is 11.0 Å². The fourth-order valence-corrected chi connectivity index (χ4v) is 3.31. The SMILES string of the molecule is [N-]=[N+]=NC1CCC2(c3ccccc3)CC2C1. The molecule has 0 N–H and O–H groups in total.